The first-order valence-corrected chi connectivity index (χ1v) is 12.1. The second kappa shape index (κ2) is 13.0. The number of carbonyl (C=O) groups is 1. The van der Waals surface area contributed by atoms with Crippen LogP contribution in [0.4, 0.5) is 0 Å². The van der Waals surface area contributed by atoms with Crippen molar-refractivity contribution in [3.63, 3.8) is 0 Å². The largest absolute Gasteiger partial charge is 0.496 e. The zero-order valence-electron chi connectivity index (χ0n) is 20.8. The van der Waals surface area contributed by atoms with E-state index in [9.17, 15) is 9.90 Å². The molecule has 2 N–H and O–H groups in total. The highest BCUT2D eigenvalue weighted by molar-refractivity contribution is 5.66. The minimum Gasteiger partial charge on any atom is -0.496 e. The summed E-state index contributed by atoms with van der Waals surface area (Å²) in [5.41, 5.74) is 3.93. The van der Waals surface area contributed by atoms with Gasteiger partial charge in [-0.05, 0) is 67.9 Å². The number of nitrogens with zero attached hydrogens (tertiary/aromatic N) is 2. The van der Waals surface area contributed by atoms with Gasteiger partial charge in [0.2, 0.25) is 0 Å². The Bertz CT molecular complexity index is 1050. The smallest absolute Gasteiger partial charge is 0.303 e. The van der Waals surface area contributed by atoms with Gasteiger partial charge >= 0.3 is 5.97 Å². The topological polar surface area (TPSA) is 93.8 Å². The number of benzene rings is 2. The first-order chi connectivity index (χ1) is 16.9. The number of rotatable bonds is 14. The molecular weight excluding hydrogens is 444 g/mol. The van der Waals surface area contributed by atoms with Gasteiger partial charge in [-0.15, -0.1) is 0 Å². The molecule has 2 aromatic carbocycles. The zero-order chi connectivity index (χ0) is 25.2. The predicted molar refractivity (Wildman–Crippen MR) is 135 cm³/mol. The molecule has 0 fully saturated rings. The van der Waals surface area contributed by atoms with Crippen molar-refractivity contribution in [3.8, 4) is 11.5 Å². The van der Waals surface area contributed by atoms with Crippen LogP contribution in [-0.4, -0.2) is 40.2 Å². The molecule has 35 heavy (non-hydrogen) atoms. The fourth-order valence-corrected chi connectivity index (χ4v) is 4.43. The Morgan fingerprint density at radius 1 is 1.03 bits per heavy atom. The minimum atomic E-state index is -0.789. The van der Waals surface area contributed by atoms with Gasteiger partial charge in [0.25, 0.3) is 0 Å². The molecule has 7 nitrogen and oxygen atoms in total. The van der Waals surface area contributed by atoms with Gasteiger partial charge in [0.05, 0.1) is 26.5 Å². The first-order valence-electron chi connectivity index (χ1n) is 12.1. The standard InChI is InChI=1S/C28H36N2O5/c1-20-25(34-2)15-24(16-26(20)35-3)28(33)23(13-7-11-21-9-5-4-6-10-21)19-30-18-22(17-29-30)12-8-14-27(31)32/h4-6,9-10,15-18,23,28,33H,7-8,11-14,19H2,1-3H3,(H,31,32). The Morgan fingerprint density at radius 2 is 1.69 bits per heavy atom. The molecule has 7 heteroatoms. The molecular formula is C28H36N2O5. The molecule has 1 aromatic heterocycles. The highest BCUT2D eigenvalue weighted by Crippen LogP contribution is 2.36. The Kier molecular flexibility index (Phi) is 9.73. The molecule has 2 atom stereocenters. The van der Waals surface area contributed by atoms with E-state index in [0.29, 0.717) is 30.9 Å². The molecule has 0 aliphatic rings. The maximum absolute atomic E-state index is 11.5. The summed E-state index contributed by atoms with van der Waals surface area (Å²) < 4.78 is 12.9. The van der Waals surface area contributed by atoms with E-state index in [1.807, 2.05) is 48.1 Å². The third kappa shape index (κ3) is 7.59. The summed E-state index contributed by atoms with van der Waals surface area (Å²) >= 11 is 0. The quantitative estimate of drug-likeness (QED) is 0.338. The van der Waals surface area contributed by atoms with E-state index >= 15 is 0 Å². The molecule has 0 bridgehead atoms. The van der Waals surface area contributed by atoms with Crippen molar-refractivity contribution in [1.29, 1.82) is 0 Å². The van der Waals surface area contributed by atoms with E-state index in [-0.39, 0.29) is 12.3 Å². The summed E-state index contributed by atoms with van der Waals surface area (Å²) in [6, 6.07) is 14.1. The lowest BCUT2D eigenvalue weighted by atomic mass is 9.89. The number of aliphatic hydroxyl groups excluding tert-OH is 1. The van der Waals surface area contributed by atoms with E-state index in [1.54, 1.807) is 20.4 Å². The zero-order valence-corrected chi connectivity index (χ0v) is 20.8. The van der Waals surface area contributed by atoms with E-state index in [2.05, 4.69) is 17.2 Å². The van der Waals surface area contributed by atoms with E-state index in [4.69, 9.17) is 14.6 Å². The second-order valence-corrected chi connectivity index (χ2v) is 8.95. The normalized spacial score (nSPS) is 12.8. The van der Waals surface area contributed by atoms with Crippen LogP contribution in [0.2, 0.25) is 0 Å². The van der Waals surface area contributed by atoms with E-state index in [0.717, 1.165) is 36.0 Å². The number of ether oxygens (including phenoxy) is 2. The fourth-order valence-electron chi connectivity index (χ4n) is 4.43. The van der Waals surface area contributed by atoms with Gasteiger partial charge in [-0.3, -0.25) is 9.48 Å². The molecule has 188 valence electrons. The summed E-state index contributed by atoms with van der Waals surface area (Å²) in [5.74, 6) is 0.494. The molecule has 0 saturated carbocycles. The summed E-state index contributed by atoms with van der Waals surface area (Å²) in [7, 11) is 3.23. The molecule has 0 amide bonds. The number of carboxylic acids is 1. The number of aromatic nitrogens is 2. The van der Waals surface area contributed by atoms with Crippen molar-refractivity contribution in [2.75, 3.05) is 14.2 Å². The van der Waals surface area contributed by atoms with Gasteiger partial charge in [0.1, 0.15) is 11.5 Å². The average molecular weight is 481 g/mol. The fraction of sp³-hybridized carbons (Fsp3) is 0.429. The molecule has 0 aliphatic carbocycles. The molecule has 3 aromatic rings. The van der Waals surface area contributed by atoms with Crippen molar-refractivity contribution in [1.82, 2.24) is 9.78 Å². The monoisotopic (exact) mass is 480 g/mol. The molecule has 0 spiro atoms. The number of carboxylic acid groups (broad SMARTS) is 1. The van der Waals surface area contributed by atoms with Crippen molar-refractivity contribution in [3.05, 3.63) is 77.1 Å². The van der Waals surface area contributed by atoms with Crippen molar-refractivity contribution in [2.45, 2.75) is 58.1 Å². The van der Waals surface area contributed by atoms with Crippen molar-refractivity contribution in [2.24, 2.45) is 5.92 Å². The van der Waals surface area contributed by atoms with Crippen LogP contribution in [0.5, 0.6) is 11.5 Å². The third-order valence-electron chi connectivity index (χ3n) is 6.41. The Labute approximate surface area is 207 Å². The lowest BCUT2D eigenvalue weighted by Gasteiger charge is -2.25. The molecule has 1 heterocycles. The molecule has 3 rings (SSSR count). The van der Waals surface area contributed by atoms with Gasteiger partial charge in [-0.25, -0.2) is 0 Å². The number of hydrogen-bond acceptors (Lipinski definition) is 5. The first kappa shape index (κ1) is 26.3. The molecule has 0 aliphatic heterocycles. The highest BCUT2D eigenvalue weighted by atomic mass is 16.5. The maximum atomic E-state index is 11.5. The summed E-state index contributed by atoms with van der Waals surface area (Å²) in [4.78, 5) is 10.8. The molecule has 2 unspecified atom stereocenters. The van der Waals surface area contributed by atoms with Gasteiger partial charge in [-0.2, -0.15) is 5.10 Å². The molecule has 0 radical (unpaired) electrons. The maximum Gasteiger partial charge on any atom is 0.303 e. The van der Waals surface area contributed by atoms with E-state index in [1.165, 1.54) is 5.56 Å². The van der Waals surface area contributed by atoms with Crippen LogP contribution in [0, 0.1) is 12.8 Å². The minimum absolute atomic E-state index is 0.0809. The summed E-state index contributed by atoms with van der Waals surface area (Å²) in [5, 5.41) is 24.8. The SMILES string of the molecule is COc1cc(C(O)C(CCCc2ccccc2)Cn2cc(CCCC(=O)O)cn2)cc(OC)c1C. The number of aliphatic hydroxyl groups is 1. The Morgan fingerprint density at radius 3 is 2.31 bits per heavy atom. The lowest BCUT2D eigenvalue weighted by Crippen LogP contribution is -2.20. The van der Waals surface area contributed by atoms with Gasteiger partial charge < -0.3 is 19.7 Å². The van der Waals surface area contributed by atoms with Crippen LogP contribution in [0.15, 0.2) is 54.9 Å². The summed E-state index contributed by atoms with van der Waals surface area (Å²) in [6.07, 6.45) is 7.07. The van der Waals surface area contributed by atoms with Crippen molar-refractivity contribution < 1.29 is 24.5 Å². The van der Waals surface area contributed by atoms with Crippen LogP contribution in [-0.2, 0) is 24.2 Å². The van der Waals surface area contributed by atoms with Crippen LogP contribution >= 0.6 is 0 Å². The highest BCUT2D eigenvalue weighted by Gasteiger charge is 2.24. The van der Waals surface area contributed by atoms with Crippen molar-refractivity contribution >= 4 is 5.97 Å². The van der Waals surface area contributed by atoms with Gasteiger partial charge in [0.15, 0.2) is 0 Å². The second-order valence-electron chi connectivity index (χ2n) is 8.95. The van der Waals surface area contributed by atoms with E-state index < -0.39 is 12.1 Å². The van der Waals surface area contributed by atoms with Crippen LogP contribution in [0.25, 0.3) is 0 Å². The number of aliphatic carboxylic acids is 1. The van der Waals surface area contributed by atoms with Crippen LogP contribution in [0.3, 0.4) is 0 Å². The van der Waals surface area contributed by atoms with Gasteiger partial charge in [0, 0.05) is 30.6 Å². The summed E-state index contributed by atoms with van der Waals surface area (Å²) in [6.45, 7) is 2.48. The third-order valence-corrected chi connectivity index (χ3v) is 6.41. The Balaban J connectivity index is 1.77. The Hall–Kier alpha value is -3.32. The lowest BCUT2D eigenvalue weighted by molar-refractivity contribution is -0.137. The number of aryl methyl sites for hydroxylation is 2. The number of methoxy groups -OCH3 is 2. The average Bonchev–Trinajstić information content (AvgIpc) is 3.30. The predicted octanol–water partition coefficient (Wildman–Crippen LogP) is 4.99. The molecule has 0 saturated heterocycles. The van der Waals surface area contributed by atoms with Gasteiger partial charge in [-0.1, -0.05) is 30.3 Å². The van der Waals surface area contributed by atoms with Crippen LogP contribution in [0.1, 0.15) is 54.0 Å². The van der Waals surface area contributed by atoms with Crippen LogP contribution < -0.4 is 9.47 Å². The number of hydrogen-bond donors (Lipinski definition) is 2.